The van der Waals surface area contributed by atoms with Crippen LogP contribution in [0.5, 0.6) is 5.75 Å². The van der Waals surface area contributed by atoms with Crippen LogP contribution in [-0.2, 0) is 4.79 Å². The number of nitrogens with zero attached hydrogens (tertiary/aromatic N) is 1. The summed E-state index contributed by atoms with van der Waals surface area (Å²) in [6, 6.07) is 16.3. The van der Waals surface area contributed by atoms with Crippen LogP contribution in [0.25, 0.3) is 6.08 Å². The molecule has 1 amide bonds. The Morgan fingerprint density at radius 1 is 1.29 bits per heavy atom. The van der Waals surface area contributed by atoms with E-state index in [2.05, 4.69) is 27.8 Å². The van der Waals surface area contributed by atoms with Gasteiger partial charge in [-0.1, -0.05) is 46.8 Å². The van der Waals surface area contributed by atoms with Crippen LogP contribution in [0.15, 0.2) is 71.2 Å². The van der Waals surface area contributed by atoms with Crippen molar-refractivity contribution in [3.8, 4) is 11.8 Å². The monoisotopic (exact) mass is 382 g/mol. The molecule has 2 aromatic rings. The average molecular weight is 383 g/mol. The number of anilines is 1. The van der Waals surface area contributed by atoms with Crippen LogP contribution < -0.4 is 10.1 Å². The van der Waals surface area contributed by atoms with Gasteiger partial charge in [0.2, 0.25) is 0 Å². The summed E-state index contributed by atoms with van der Waals surface area (Å²) in [5.41, 5.74) is 1.24. The highest BCUT2D eigenvalue weighted by Crippen LogP contribution is 2.26. The maximum Gasteiger partial charge on any atom is 0.266 e. The molecule has 24 heavy (non-hydrogen) atoms. The number of rotatable bonds is 6. The third-order valence-electron chi connectivity index (χ3n) is 3.03. The Kier molecular flexibility index (Phi) is 6.35. The fourth-order valence-electron chi connectivity index (χ4n) is 1.94. The molecule has 2 aromatic carbocycles. The van der Waals surface area contributed by atoms with E-state index in [1.54, 1.807) is 42.5 Å². The highest BCUT2D eigenvalue weighted by molar-refractivity contribution is 9.10. The summed E-state index contributed by atoms with van der Waals surface area (Å²) in [5.74, 6) is 0.0942. The van der Waals surface area contributed by atoms with Crippen molar-refractivity contribution in [2.75, 3.05) is 11.9 Å². The predicted octanol–water partition coefficient (Wildman–Crippen LogP) is 4.56. The summed E-state index contributed by atoms with van der Waals surface area (Å²) >= 11 is 3.38. The lowest BCUT2D eigenvalue weighted by molar-refractivity contribution is -0.112. The summed E-state index contributed by atoms with van der Waals surface area (Å²) in [7, 11) is 0. The van der Waals surface area contributed by atoms with Gasteiger partial charge in [-0.25, -0.2) is 0 Å². The van der Waals surface area contributed by atoms with Crippen molar-refractivity contribution in [3.63, 3.8) is 0 Å². The van der Waals surface area contributed by atoms with Crippen LogP contribution in [0, 0.1) is 11.3 Å². The SMILES string of the molecule is C=CCOc1ccc(Br)cc1/C=C(\C#N)C(=O)Nc1ccccc1. The summed E-state index contributed by atoms with van der Waals surface area (Å²) < 4.78 is 6.38. The van der Waals surface area contributed by atoms with Crippen molar-refractivity contribution < 1.29 is 9.53 Å². The third kappa shape index (κ3) is 4.83. The minimum Gasteiger partial charge on any atom is -0.489 e. The van der Waals surface area contributed by atoms with Crippen LogP contribution in [-0.4, -0.2) is 12.5 Å². The van der Waals surface area contributed by atoms with E-state index in [-0.39, 0.29) is 5.57 Å². The fraction of sp³-hybridized carbons (Fsp3) is 0.0526. The van der Waals surface area contributed by atoms with Crippen LogP contribution in [0.3, 0.4) is 0 Å². The topological polar surface area (TPSA) is 62.1 Å². The van der Waals surface area contributed by atoms with E-state index in [1.807, 2.05) is 18.2 Å². The summed E-state index contributed by atoms with van der Waals surface area (Å²) in [4.78, 5) is 12.3. The molecule has 0 aromatic heterocycles. The van der Waals surface area contributed by atoms with Gasteiger partial charge in [0.25, 0.3) is 5.91 Å². The second-order valence-corrected chi connectivity index (χ2v) is 5.69. The van der Waals surface area contributed by atoms with E-state index in [0.717, 1.165) is 4.47 Å². The minimum atomic E-state index is -0.474. The van der Waals surface area contributed by atoms with Crippen molar-refractivity contribution >= 4 is 33.6 Å². The number of amides is 1. The van der Waals surface area contributed by atoms with E-state index in [4.69, 9.17) is 4.74 Å². The van der Waals surface area contributed by atoms with Crippen molar-refractivity contribution in [1.82, 2.24) is 0 Å². The molecule has 120 valence electrons. The van der Waals surface area contributed by atoms with E-state index in [0.29, 0.717) is 23.6 Å². The minimum absolute atomic E-state index is 0.0135. The Hall–Kier alpha value is -2.84. The summed E-state index contributed by atoms with van der Waals surface area (Å²) in [5, 5.41) is 12.0. The van der Waals surface area contributed by atoms with Gasteiger partial charge in [-0.2, -0.15) is 5.26 Å². The Morgan fingerprint density at radius 3 is 2.71 bits per heavy atom. The zero-order chi connectivity index (χ0) is 17.4. The van der Waals surface area contributed by atoms with Gasteiger partial charge >= 0.3 is 0 Å². The number of para-hydroxylation sites is 1. The molecule has 0 heterocycles. The van der Waals surface area contributed by atoms with Gasteiger partial charge in [-0.3, -0.25) is 4.79 Å². The van der Waals surface area contributed by atoms with Gasteiger partial charge < -0.3 is 10.1 Å². The molecule has 1 N–H and O–H groups in total. The van der Waals surface area contributed by atoms with Gasteiger partial charge in [0.05, 0.1) is 0 Å². The zero-order valence-electron chi connectivity index (χ0n) is 12.8. The van der Waals surface area contributed by atoms with Gasteiger partial charge in [0.1, 0.15) is 24.0 Å². The van der Waals surface area contributed by atoms with Crippen LogP contribution in [0.1, 0.15) is 5.56 Å². The molecule has 0 saturated heterocycles. The highest BCUT2D eigenvalue weighted by Gasteiger charge is 2.11. The molecule has 0 spiro atoms. The molecule has 0 saturated carbocycles. The number of carbonyl (C=O) groups is 1. The first-order valence-corrected chi connectivity index (χ1v) is 7.95. The number of hydrogen-bond acceptors (Lipinski definition) is 3. The summed E-state index contributed by atoms with van der Waals surface area (Å²) in [6.07, 6.45) is 3.13. The number of ether oxygens (including phenoxy) is 1. The molecule has 0 radical (unpaired) electrons. The Balaban J connectivity index is 2.29. The number of benzene rings is 2. The quantitative estimate of drug-likeness (QED) is 0.452. The lowest BCUT2D eigenvalue weighted by Gasteiger charge is -2.09. The lowest BCUT2D eigenvalue weighted by atomic mass is 10.1. The summed E-state index contributed by atoms with van der Waals surface area (Å²) in [6.45, 7) is 3.94. The highest BCUT2D eigenvalue weighted by atomic mass is 79.9. The first kappa shape index (κ1) is 17.5. The van der Waals surface area contributed by atoms with E-state index in [9.17, 15) is 10.1 Å². The molecule has 0 unspecified atom stereocenters. The number of nitriles is 1. The van der Waals surface area contributed by atoms with Gasteiger partial charge in [0, 0.05) is 15.7 Å². The van der Waals surface area contributed by atoms with Crippen LogP contribution >= 0.6 is 15.9 Å². The molecule has 2 rings (SSSR count). The molecular formula is C19H15BrN2O2. The fourth-order valence-corrected chi connectivity index (χ4v) is 2.32. The zero-order valence-corrected chi connectivity index (χ0v) is 14.4. The Morgan fingerprint density at radius 2 is 2.04 bits per heavy atom. The molecule has 0 bridgehead atoms. The van der Waals surface area contributed by atoms with E-state index < -0.39 is 5.91 Å². The number of carbonyl (C=O) groups excluding carboxylic acids is 1. The molecule has 5 heteroatoms. The first-order chi connectivity index (χ1) is 11.6. The van der Waals surface area contributed by atoms with Gasteiger partial charge in [-0.05, 0) is 36.4 Å². The van der Waals surface area contributed by atoms with Gasteiger partial charge in [0.15, 0.2) is 0 Å². The Bertz CT molecular complexity index is 808. The number of nitrogens with one attached hydrogen (secondary N) is 1. The lowest BCUT2D eigenvalue weighted by Crippen LogP contribution is -2.13. The maximum atomic E-state index is 12.3. The standard InChI is InChI=1S/C19H15BrN2O2/c1-2-10-24-18-9-8-16(20)12-14(18)11-15(13-21)19(23)22-17-6-4-3-5-7-17/h2-9,11-12H,1,10H2,(H,22,23)/b15-11+. The normalized spacial score (nSPS) is 10.6. The largest absolute Gasteiger partial charge is 0.489 e. The maximum absolute atomic E-state index is 12.3. The molecule has 0 aliphatic carbocycles. The smallest absolute Gasteiger partial charge is 0.266 e. The molecule has 4 nitrogen and oxygen atoms in total. The van der Waals surface area contributed by atoms with Crippen molar-refractivity contribution in [3.05, 3.63) is 76.8 Å². The molecule has 0 aliphatic heterocycles. The molecular weight excluding hydrogens is 368 g/mol. The Labute approximate surface area is 149 Å². The van der Waals surface area contributed by atoms with E-state index >= 15 is 0 Å². The second kappa shape index (κ2) is 8.70. The second-order valence-electron chi connectivity index (χ2n) is 4.77. The molecule has 0 aliphatic rings. The molecule has 0 atom stereocenters. The first-order valence-electron chi connectivity index (χ1n) is 7.15. The van der Waals surface area contributed by atoms with Crippen LogP contribution in [0.4, 0.5) is 5.69 Å². The van der Waals surface area contributed by atoms with Crippen molar-refractivity contribution in [1.29, 1.82) is 5.26 Å². The number of hydrogen-bond donors (Lipinski definition) is 1. The van der Waals surface area contributed by atoms with Crippen LogP contribution in [0.2, 0.25) is 0 Å². The van der Waals surface area contributed by atoms with Crippen molar-refractivity contribution in [2.45, 2.75) is 0 Å². The van der Waals surface area contributed by atoms with Crippen molar-refractivity contribution in [2.24, 2.45) is 0 Å². The number of halogens is 1. The predicted molar refractivity (Wildman–Crippen MR) is 98.5 cm³/mol. The van der Waals surface area contributed by atoms with Gasteiger partial charge in [-0.15, -0.1) is 0 Å². The third-order valence-corrected chi connectivity index (χ3v) is 3.52. The average Bonchev–Trinajstić information content (AvgIpc) is 2.59. The molecule has 0 fully saturated rings. The van der Waals surface area contributed by atoms with E-state index in [1.165, 1.54) is 6.08 Å².